The van der Waals surface area contributed by atoms with E-state index in [0.717, 1.165) is 42.4 Å². The second-order valence-electron chi connectivity index (χ2n) is 7.58. The van der Waals surface area contributed by atoms with Crippen LogP contribution in [0.3, 0.4) is 0 Å². The van der Waals surface area contributed by atoms with Gasteiger partial charge in [0.05, 0.1) is 11.5 Å². The molecule has 0 bridgehead atoms. The van der Waals surface area contributed by atoms with Gasteiger partial charge in [0.2, 0.25) is 5.91 Å². The summed E-state index contributed by atoms with van der Waals surface area (Å²) in [5.74, 6) is 0.175. The summed E-state index contributed by atoms with van der Waals surface area (Å²) in [5, 5.41) is 13.6. The summed E-state index contributed by atoms with van der Waals surface area (Å²) in [5.41, 5.74) is 3.70. The van der Waals surface area contributed by atoms with E-state index in [2.05, 4.69) is 18.3 Å². The molecule has 146 valence electrons. The molecule has 29 heavy (non-hydrogen) atoms. The summed E-state index contributed by atoms with van der Waals surface area (Å²) in [4.78, 5) is 14.7. The Labute approximate surface area is 176 Å². The van der Waals surface area contributed by atoms with E-state index in [4.69, 9.17) is 0 Å². The zero-order chi connectivity index (χ0) is 20.2. The van der Waals surface area contributed by atoms with Gasteiger partial charge in [-0.1, -0.05) is 74.0 Å². The van der Waals surface area contributed by atoms with Crippen molar-refractivity contribution in [2.75, 3.05) is 5.32 Å². The molecule has 0 saturated carbocycles. The fraction of sp³-hybridized carbons (Fsp3) is 0.280. The van der Waals surface area contributed by atoms with E-state index in [9.17, 15) is 10.1 Å². The first kappa shape index (κ1) is 19.4. The van der Waals surface area contributed by atoms with Crippen molar-refractivity contribution in [1.29, 1.82) is 5.26 Å². The van der Waals surface area contributed by atoms with Gasteiger partial charge >= 0.3 is 0 Å². The van der Waals surface area contributed by atoms with Crippen molar-refractivity contribution in [3.63, 3.8) is 0 Å². The molecule has 1 aliphatic rings. The predicted octanol–water partition coefficient (Wildman–Crippen LogP) is 5.91. The number of fused-ring (bicyclic) bond motifs is 1. The molecule has 0 radical (unpaired) electrons. The number of nitrogens with one attached hydrogen (secondary N) is 1. The number of amides is 1. The maximum atomic E-state index is 13.4. The van der Waals surface area contributed by atoms with Gasteiger partial charge in [0.1, 0.15) is 11.1 Å². The van der Waals surface area contributed by atoms with Crippen LogP contribution in [-0.2, 0) is 17.6 Å². The van der Waals surface area contributed by atoms with Crippen LogP contribution in [0.1, 0.15) is 52.8 Å². The minimum atomic E-state index is -0.411. The van der Waals surface area contributed by atoms with Crippen LogP contribution < -0.4 is 5.32 Å². The first-order chi connectivity index (χ1) is 14.2. The molecule has 1 atom stereocenters. The van der Waals surface area contributed by atoms with E-state index >= 15 is 0 Å². The second kappa shape index (κ2) is 8.63. The quantitative estimate of drug-likeness (QED) is 0.579. The van der Waals surface area contributed by atoms with Gasteiger partial charge in [0.25, 0.3) is 0 Å². The number of carbonyl (C=O) groups is 1. The Kier molecular flexibility index (Phi) is 5.78. The fourth-order valence-electron chi connectivity index (χ4n) is 4.18. The van der Waals surface area contributed by atoms with Crippen LogP contribution in [-0.4, -0.2) is 5.91 Å². The predicted molar refractivity (Wildman–Crippen MR) is 118 cm³/mol. The normalized spacial score (nSPS) is 15.6. The molecule has 0 unspecified atom stereocenters. The summed E-state index contributed by atoms with van der Waals surface area (Å²) in [6, 6.07) is 22.0. The number of rotatable bonds is 5. The van der Waals surface area contributed by atoms with Crippen LogP contribution in [0.2, 0.25) is 0 Å². The molecule has 1 aromatic heterocycles. The highest BCUT2D eigenvalue weighted by molar-refractivity contribution is 7.16. The van der Waals surface area contributed by atoms with E-state index in [1.165, 1.54) is 4.88 Å². The maximum Gasteiger partial charge on any atom is 0.237 e. The minimum absolute atomic E-state index is 0.0930. The van der Waals surface area contributed by atoms with Crippen molar-refractivity contribution in [1.82, 2.24) is 0 Å². The molecular weight excluding hydrogens is 376 g/mol. The number of carbonyl (C=O) groups excluding carboxylic acids is 1. The van der Waals surface area contributed by atoms with Gasteiger partial charge in [-0.15, -0.1) is 11.3 Å². The SMILES string of the molecule is CC[C@@H]1CCc2c(sc(NC(=O)C(c3ccccc3)c3ccccc3)c2C#N)C1. The smallest absolute Gasteiger partial charge is 0.237 e. The van der Waals surface area contributed by atoms with Crippen LogP contribution in [0.4, 0.5) is 5.00 Å². The van der Waals surface area contributed by atoms with E-state index < -0.39 is 5.92 Å². The molecule has 2 aromatic carbocycles. The van der Waals surface area contributed by atoms with Gasteiger partial charge in [0, 0.05) is 4.88 Å². The fourth-order valence-corrected chi connectivity index (χ4v) is 5.49. The summed E-state index contributed by atoms with van der Waals surface area (Å²) in [6.45, 7) is 2.22. The Morgan fingerprint density at radius 3 is 2.31 bits per heavy atom. The first-order valence-corrected chi connectivity index (χ1v) is 11.0. The monoisotopic (exact) mass is 400 g/mol. The molecule has 3 nitrogen and oxygen atoms in total. The number of benzene rings is 2. The van der Waals surface area contributed by atoms with Crippen LogP contribution in [0.5, 0.6) is 0 Å². The highest BCUT2D eigenvalue weighted by atomic mass is 32.1. The molecule has 1 aliphatic carbocycles. The summed E-state index contributed by atoms with van der Waals surface area (Å²) >= 11 is 1.59. The van der Waals surface area contributed by atoms with Crippen molar-refractivity contribution < 1.29 is 4.79 Å². The Hall–Kier alpha value is -2.90. The molecule has 0 saturated heterocycles. The van der Waals surface area contributed by atoms with Crippen molar-refractivity contribution in [2.24, 2.45) is 5.92 Å². The van der Waals surface area contributed by atoms with Crippen molar-refractivity contribution >= 4 is 22.2 Å². The molecule has 4 heteroatoms. The van der Waals surface area contributed by atoms with Crippen LogP contribution >= 0.6 is 11.3 Å². The largest absolute Gasteiger partial charge is 0.316 e. The lowest BCUT2D eigenvalue weighted by atomic mass is 9.86. The van der Waals surface area contributed by atoms with Crippen LogP contribution in [0, 0.1) is 17.2 Å². The molecule has 1 amide bonds. The Balaban J connectivity index is 1.67. The lowest BCUT2D eigenvalue weighted by Crippen LogP contribution is -2.22. The van der Waals surface area contributed by atoms with Gasteiger partial charge in [0.15, 0.2) is 0 Å². The molecule has 1 heterocycles. The Morgan fingerprint density at radius 2 is 1.76 bits per heavy atom. The molecule has 0 aliphatic heterocycles. The molecule has 1 N–H and O–H groups in total. The summed E-state index contributed by atoms with van der Waals surface area (Å²) < 4.78 is 0. The van der Waals surface area contributed by atoms with Gasteiger partial charge in [-0.3, -0.25) is 4.79 Å². The minimum Gasteiger partial charge on any atom is -0.316 e. The third kappa shape index (κ3) is 3.97. The standard InChI is InChI=1S/C25H24N2OS/c1-2-17-13-14-20-21(16-26)25(29-22(20)15-17)27-24(28)23(18-9-5-3-6-10-18)19-11-7-4-8-12-19/h3-12,17,23H,2,13-15H2,1H3,(H,27,28)/t17-/m1/s1. The summed E-state index contributed by atoms with van der Waals surface area (Å²) in [7, 11) is 0. The molecule has 0 spiro atoms. The van der Waals surface area contributed by atoms with Crippen LogP contribution in [0.25, 0.3) is 0 Å². The number of hydrogen-bond donors (Lipinski definition) is 1. The highest BCUT2D eigenvalue weighted by Crippen LogP contribution is 2.40. The molecule has 4 rings (SSSR count). The third-order valence-corrected chi connectivity index (χ3v) is 6.99. The lowest BCUT2D eigenvalue weighted by Gasteiger charge is -2.20. The van der Waals surface area contributed by atoms with Crippen molar-refractivity contribution in [2.45, 2.75) is 38.5 Å². The van der Waals surface area contributed by atoms with Gasteiger partial charge < -0.3 is 5.32 Å². The molecule has 3 aromatic rings. The zero-order valence-corrected chi connectivity index (χ0v) is 17.3. The summed E-state index contributed by atoms with van der Waals surface area (Å²) in [6.07, 6.45) is 4.23. The number of thiophene rings is 1. The maximum absolute atomic E-state index is 13.4. The van der Waals surface area contributed by atoms with E-state index in [1.54, 1.807) is 11.3 Å². The van der Waals surface area contributed by atoms with Gasteiger partial charge in [-0.05, 0) is 41.9 Å². The number of anilines is 1. The van der Waals surface area contributed by atoms with Crippen molar-refractivity contribution in [3.8, 4) is 6.07 Å². The third-order valence-electron chi connectivity index (χ3n) is 5.82. The van der Waals surface area contributed by atoms with E-state index in [0.29, 0.717) is 16.5 Å². The van der Waals surface area contributed by atoms with Crippen LogP contribution in [0.15, 0.2) is 60.7 Å². The zero-order valence-electron chi connectivity index (χ0n) is 16.5. The average Bonchev–Trinajstić information content (AvgIpc) is 3.11. The number of nitriles is 1. The number of hydrogen-bond acceptors (Lipinski definition) is 3. The highest BCUT2D eigenvalue weighted by Gasteiger charge is 2.28. The van der Waals surface area contributed by atoms with Crippen molar-refractivity contribution in [3.05, 3.63) is 87.8 Å². The second-order valence-corrected chi connectivity index (χ2v) is 8.69. The molecule has 0 fully saturated rings. The Morgan fingerprint density at radius 1 is 1.14 bits per heavy atom. The average molecular weight is 401 g/mol. The Bertz CT molecular complexity index is 994. The van der Waals surface area contributed by atoms with Gasteiger partial charge in [-0.25, -0.2) is 0 Å². The van der Waals surface area contributed by atoms with E-state index in [-0.39, 0.29) is 5.91 Å². The first-order valence-electron chi connectivity index (χ1n) is 10.2. The molecular formula is C25H24N2OS. The van der Waals surface area contributed by atoms with E-state index in [1.807, 2.05) is 60.7 Å². The lowest BCUT2D eigenvalue weighted by molar-refractivity contribution is -0.116. The van der Waals surface area contributed by atoms with Gasteiger partial charge in [-0.2, -0.15) is 5.26 Å². The topological polar surface area (TPSA) is 52.9 Å². The number of nitrogens with zero attached hydrogens (tertiary/aromatic N) is 1.